The molecule has 1 aliphatic rings. The van der Waals surface area contributed by atoms with Crippen LogP contribution in [-0.4, -0.2) is 35.6 Å². The first-order chi connectivity index (χ1) is 8.70. The SMILES string of the molecule is CCOC(=O)C1CCCN(c2nccc(N)n2)C1. The van der Waals surface area contributed by atoms with Gasteiger partial charge in [0.05, 0.1) is 12.5 Å². The summed E-state index contributed by atoms with van der Waals surface area (Å²) in [5.41, 5.74) is 5.64. The highest BCUT2D eigenvalue weighted by molar-refractivity contribution is 5.73. The van der Waals surface area contributed by atoms with E-state index in [4.69, 9.17) is 10.5 Å². The van der Waals surface area contributed by atoms with Crippen LogP contribution in [0.15, 0.2) is 12.3 Å². The van der Waals surface area contributed by atoms with Gasteiger partial charge >= 0.3 is 5.97 Å². The van der Waals surface area contributed by atoms with Gasteiger partial charge in [-0.15, -0.1) is 0 Å². The summed E-state index contributed by atoms with van der Waals surface area (Å²) in [6, 6.07) is 1.65. The molecule has 0 saturated carbocycles. The topological polar surface area (TPSA) is 81.3 Å². The Kier molecular flexibility index (Phi) is 3.96. The van der Waals surface area contributed by atoms with Gasteiger partial charge in [-0.2, -0.15) is 4.98 Å². The van der Waals surface area contributed by atoms with Crippen molar-refractivity contribution in [1.29, 1.82) is 0 Å². The zero-order chi connectivity index (χ0) is 13.0. The van der Waals surface area contributed by atoms with Crippen molar-refractivity contribution in [3.05, 3.63) is 12.3 Å². The highest BCUT2D eigenvalue weighted by Gasteiger charge is 2.28. The summed E-state index contributed by atoms with van der Waals surface area (Å²) in [5.74, 6) is 0.803. The van der Waals surface area contributed by atoms with Crippen LogP contribution >= 0.6 is 0 Å². The summed E-state index contributed by atoms with van der Waals surface area (Å²) in [6.07, 6.45) is 3.42. The van der Waals surface area contributed by atoms with Gasteiger partial charge in [0.1, 0.15) is 5.82 Å². The first-order valence-corrected chi connectivity index (χ1v) is 6.20. The van der Waals surface area contributed by atoms with E-state index in [0.717, 1.165) is 19.4 Å². The molecule has 1 aliphatic heterocycles. The van der Waals surface area contributed by atoms with Gasteiger partial charge in [0.25, 0.3) is 0 Å². The van der Waals surface area contributed by atoms with Crippen molar-refractivity contribution in [2.75, 3.05) is 30.3 Å². The van der Waals surface area contributed by atoms with Crippen LogP contribution in [0.5, 0.6) is 0 Å². The van der Waals surface area contributed by atoms with Gasteiger partial charge in [-0.3, -0.25) is 4.79 Å². The quantitative estimate of drug-likeness (QED) is 0.800. The predicted octanol–water partition coefficient (Wildman–Crippen LogP) is 0.838. The summed E-state index contributed by atoms with van der Waals surface area (Å²) < 4.78 is 5.06. The molecule has 2 heterocycles. The second kappa shape index (κ2) is 5.66. The third-order valence-electron chi connectivity index (χ3n) is 2.99. The lowest BCUT2D eigenvalue weighted by Gasteiger charge is -2.31. The molecule has 98 valence electrons. The first kappa shape index (κ1) is 12.6. The fourth-order valence-electron chi connectivity index (χ4n) is 2.13. The third kappa shape index (κ3) is 2.88. The van der Waals surface area contributed by atoms with Gasteiger partial charge in [0.15, 0.2) is 0 Å². The molecule has 1 aromatic rings. The van der Waals surface area contributed by atoms with Gasteiger partial charge in [-0.1, -0.05) is 0 Å². The van der Waals surface area contributed by atoms with Gasteiger partial charge in [0.2, 0.25) is 5.95 Å². The number of ether oxygens (including phenoxy) is 1. The van der Waals surface area contributed by atoms with Crippen molar-refractivity contribution in [2.24, 2.45) is 5.92 Å². The van der Waals surface area contributed by atoms with E-state index in [-0.39, 0.29) is 11.9 Å². The number of carbonyl (C=O) groups excluding carboxylic acids is 1. The standard InChI is InChI=1S/C12H18N4O2/c1-2-18-11(17)9-4-3-7-16(8-9)12-14-6-5-10(13)15-12/h5-6,9H,2-4,7-8H2,1H3,(H2,13,14,15). The molecule has 0 spiro atoms. The molecule has 0 radical (unpaired) electrons. The van der Waals surface area contributed by atoms with E-state index in [1.807, 2.05) is 11.8 Å². The van der Waals surface area contributed by atoms with E-state index in [0.29, 0.717) is 24.9 Å². The zero-order valence-corrected chi connectivity index (χ0v) is 10.5. The van der Waals surface area contributed by atoms with E-state index in [2.05, 4.69) is 9.97 Å². The Hall–Kier alpha value is -1.85. The molecule has 0 bridgehead atoms. The van der Waals surface area contributed by atoms with Crippen molar-refractivity contribution in [3.63, 3.8) is 0 Å². The van der Waals surface area contributed by atoms with E-state index in [9.17, 15) is 4.79 Å². The van der Waals surface area contributed by atoms with Crippen LogP contribution in [0.4, 0.5) is 11.8 Å². The predicted molar refractivity (Wildman–Crippen MR) is 68.0 cm³/mol. The number of carbonyl (C=O) groups is 1. The molecule has 1 saturated heterocycles. The van der Waals surface area contributed by atoms with Crippen LogP contribution < -0.4 is 10.6 Å². The fourth-order valence-corrected chi connectivity index (χ4v) is 2.13. The van der Waals surface area contributed by atoms with Gasteiger partial charge in [0, 0.05) is 19.3 Å². The maximum atomic E-state index is 11.7. The lowest BCUT2D eigenvalue weighted by atomic mass is 9.98. The molecule has 6 heteroatoms. The second-order valence-corrected chi connectivity index (χ2v) is 4.32. The molecule has 6 nitrogen and oxygen atoms in total. The van der Waals surface area contributed by atoms with Crippen molar-refractivity contribution >= 4 is 17.7 Å². The van der Waals surface area contributed by atoms with Crippen molar-refractivity contribution in [3.8, 4) is 0 Å². The molecule has 1 fully saturated rings. The highest BCUT2D eigenvalue weighted by Crippen LogP contribution is 2.21. The van der Waals surface area contributed by atoms with Gasteiger partial charge in [-0.25, -0.2) is 4.98 Å². The number of piperidine rings is 1. The molecule has 18 heavy (non-hydrogen) atoms. The minimum absolute atomic E-state index is 0.0938. The van der Waals surface area contributed by atoms with Crippen molar-refractivity contribution in [1.82, 2.24) is 9.97 Å². The maximum absolute atomic E-state index is 11.7. The van der Waals surface area contributed by atoms with Crippen LogP contribution in [0.2, 0.25) is 0 Å². The smallest absolute Gasteiger partial charge is 0.310 e. The van der Waals surface area contributed by atoms with E-state index < -0.39 is 0 Å². The largest absolute Gasteiger partial charge is 0.466 e. The van der Waals surface area contributed by atoms with E-state index in [1.54, 1.807) is 12.3 Å². The molecule has 1 aromatic heterocycles. The highest BCUT2D eigenvalue weighted by atomic mass is 16.5. The number of hydrogen-bond donors (Lipinski definition) is 1. The molecule has 2 rings (SSSR count). The minimum atomic E-state index is -0.133. The minimum Gasteiger partial charge on any atom is -0.466 e. The van der Waals surface area contributed by atoms with Crippen LogP contribution in [0.25, 0.3) is 0 Å². The van der Waals surface area contributed by atoms with Gasteiger partial charge in [-0.05, 0) is 25.8 Å². The second-order valence-electron chi connectivity index (χ2n) is 4.32. The van der Waals surface area contributed by atoms with Crippen LogP contribution in [0, 0.1) is 5.92 Å². The summed E-state index contributed by atoms with van der Waals surface area (Å²) in [4.78, 5) is 22.1. The number of hydrogen-bond acceptors (Lipinski definition) is 6. The molecule has 1 unspecified atom stereocenters. The summed E-state index contributed by atoms with van der Waals surface area (Å²) in [5, 5.41) is 0. The third-order valence-corrected chi connectivity index (χ3v) is 2.99. The molecule has 1 atom stereocenters. The molecule has 0 aliphatic carbocycles. The number of nitrogens with zero attached hydrogens (tertiary/aromatic N) is 3. The summed E-state index contributed by atoms with van der Waals surface area (Å²) in [7, 11) is 0. The monoisotopic (exact) mass is 250 g/mol. The molecular formula is C12H18N4O2. The molecule has 0 amide bonds. The molecule has 0 aromatic carbocycles. The Balaban J connectivity index is 2.04. The number of aromatic nitrogens is 2. The Labute approximate surface area is 106 Å². The van der Waals surface area contributed by atoms with E-state index in [1.165, 1.54) is 0 Å². The average molecular weight is 250 g/mol. The number of rotatable bonds is 3. The lowest BCUT2D eigenvalue weighted by Crippen LogP contribution is -2.40. The molecule has 2 N–H and O–H groups in total. The number of nitrogen functional groups attached to an aromatic ring is 1. The molecular weight excluding hydrogens is 232 g/mol. The van der Waals surface area contributed by atoms with Gasteiger partial charge < -0.3 is 15.4 Å². The number of nitrogens with two attached hydrogens (primary N) is 1. The number of esters is 1. The Morgan fingerprint density at radius 3 is 3.22 bits per heavy atom. The Bertz CT molecular complexity index is 424. The normalized spacial score (nSPS) is 19.6. The Morgan fingerprint density at radius 2 is 2.50 bits per heavy atom. The lowest BCUT2D eigenvalue weighted by molar-refractivity contribution is -0.148. The number of anilines is 2. The fraction of sp³-hybridized carbons (Fsp3) is 0.583. The van der Waals surface area contributed by atoms with Crippen LogP contribution in [0.3, 0.4) is 0 Å². The van der Waals surface area contributed by atoms with Crippen molar-refractivity contribution < 1.29 is 9.53 Å². The Morgan fingerprint density at radius 1 is 1.67 bits per heavy atom. The zero-order valence-electron chi connectivity index (χ0n) is 10.5. The average Bonchev–Trinajstić information content (AvgIpc) is 2.39. The first-order valence-electron chi connectivity index (χ1n) is 6.20. The summed E-state index contributed by atoms with van der Waals surface area (Å²) >= 11 is 0. The van der Waals surface area contributed by atoms with E-state index >= 15 is 0 Å². The van der Waals surface area contributed by atoms with Crippen LogP contribution in [0.1, 0.15) is 19.8 Å². The summed E-state index contributed by atoms with van der Waals surface area (Å²) in [6.45, 7) is 3.69. The van der Waals surface area contributed by atoms with Crippen LogP contribution in [-0.2, 0) is 9.53 Å². The van der Waals surface area contributed by atoms with Crippen molar-refractivity contribution in [2.45, 2.75) is 19.8 Å². The maximum Gasteiger partial charge on any atom is 0.310 e.